The molecule has 0 amide bonds. The van der Waals surface area contributed by atoms with E-state index in [9.17, 15) is 0 Å². The van der Waals surface area contributed by atoms with Gasteiger partial charge < -0.3 is 14.7 Å². The van der Waals surface area contributed by atoms with E-state index < -0.39 is 0 Å². The molecule has 142 valence electrons. The molecule has 1 atom stereocenters. The quantitative estimate of drug-likeness (QED) is 0.411. The molecule has 3 rings (SSSR count). The van der Waals surface area contributed by atoms with Crippen LogP contribution in [0.3, 0.4) is 0 Å². The van der Waals surface area contributed by atoms with E-state index in [1.54, 1.807) is 0 Å². The average molecular weight is 462 g/mol. The maximum atomic E-state index is 5.16. The van der Waals surface area contributed by atoms with E-state index in [0.717, 1.165) is 25.6 Å². The first-order chi connectivity index (χ1) is 11.8. The van der Waals surface area contributed by atoms with Crippen LogP contribution < -0.4 is 5.32 Å². The van der Waals surface area contributed by atoms with Gasteiger partial charge in [0.2, 0.25) is 5.89 Å². The lowest BCUT2D eigenvalue weighted by atomic mass is 10.1. The molecule has 1 unspecified atom stereocenters. The fourth-order valence-corrected chi connectivity index (χ4v) is 3.64. The van der Waals surface area contributed by atoms with Crippen molar-refractivity contribution >= 4 is 29.9 Å². The third kappa shape index (κ3) is 5.80. The first-order valence-electron chi connectivity index (χ1n) is 9.32. The van der Waals surface area contributed by atoms with Gasteiger partial charge in [-0.2, -0.15) is 4.98 Å². The topological polar surface area (TPSA) is 69.8 Å². The molecular weight excluding hydrogens is 431 g/mol. The van der Waals surface area contributed by atoms with E-state index in [1.807, 2.05) is 6.92 Å². The highest BCUT2D eigenvalue weighted by Crippen LogP contribution is 2.20. The van der Waals surface area contributed by atoms with Crippen LogP contribution in [0.4, 0.5) is 0 Å². The summed E-state index contributed by atoms with van der Waals surface area (Å²) in [5.41, 5.74) is 0. The molecule has 1 aromatic rings. The van der Waals surface area contributed by atoms with E-state index in [1.165, 1.54) is 38.8 Å². The number of hydrogen-bond donors (Lipinski definition) is 1. The van der Waals surface area contributed by atoms with Crippen LogP contribution in [-0.2, 0) is 6.42 Å². The lowest BCUT2D eigenvalue weighted by molar-refractivity contribution is 0.168. The van der Waals surface area contributed by atoms with Gasteiger partial charge in [0.15, 0.2) is 11.8 Å². The van der Waals surface area contributed by atoms with Gasteiger partial charge in [-0.05, 0) is 46.2 Å². The number of likely N-dealkylation sites (tertiary alicyclic amines) is 2. The first-order valence-corrected chi connectivity index (χ1v) is 9.32. The molecule has 25 heavy (non-hydrogen) atoms. The highest BCUT2D eigenvalue weighted by Gasteiger charge is 2.29. The van der Waals surface area contributed by atoms with Crippen molar-refractivity contribution in [1.29, 1.82) is 0 Å². The Balaban J connectivity index is 0.00000225. The van der Waals surface area contributed by atoms with Crippen molar-refractivity contribution in [3.05, 3.63) is 11.7 Å². The molecule has 2 aliphatic heterocycles. The van der Waals surface area contributed by atoms with E-state index in [0.29, 0.717) is 30.7 Å². The molecule has 7 nitrogen and oxygen atoms in total. The summed E-state index contributed by atoms with van der Waals surface area (Å²) in [6.07, 6.45) is 6.04. The van der Waals surface area contributed by atoms with Crippen molar-refractivity contribution in [2.24, 2.45) is 4.99 Å². The molecule has 3 heterocycles. The van der Waals surface area contributed by atoms with Crippen molar-refractivity contribution < 1.29 is 4.52 Å². The van der Waals surface area contributed by atoms with Gasteiger partial charge in [0.1, 0.15) is 0 Å². The minimum Gasteiger partial charge on any atom is -0.357 e. The predicted molar refractivity (Wildman–Crippen MR) is 110 cm³/mol. The second-order valence-electron chi connectivity index (χ2n) is 6.71. The molecule has 0 aliphatic carbocycles. The molecule has 1 aromatic heterocycles. The van der Waals surface area contributed by atoms with Crippen molar-refractivity contribution in [1.82, 2.24) is 25.3 Å². The fourth-order valence-electron chi connectivity index (χ4n) is 3.64. The molecule has 2 fully saturated rings. The van der Waals surface area contributed by atoms with Gasteiger partial charge in [0.05, 0.1) is 6.54 Å². The normalized spacial score (nSPS) is 22.1. The summed E-state index contributed by atoms with van der Waals surface area (Å²) in [5, 5.41) is 7.25. The summed E-state index contributed by atoms with van der Waals surface area (Å²) in [7, 11) is 0. The molecule has 0 saturated carbocycles. The molecule has 2 saturated heterocycles. The van der Waals surface area contributed by atoms with Crippen molar-refractivity contribution in [2.75, 3.05) is 39.3 Å². The predicted octanol–water partition coefficient (Wildman–Crippen LogP) is 2.06. The summed E-state index contributed by atoms with van der Waals surface area (Å²) in [4.78, 5) is 14.1. The molecule has 1 N–H and O–H groups in total. The maximum absolute atomic E-state index is 5.16. The van der Waals surface area contributed by atoms with E-state index in [-0.39, 0.29) is 24.0 Å². The highest BCUT2D eigenvalue weighted by molar-refractivity contribution is 14.0. The van der Waals surface area contributed by atoms with Crippen molar-refractivity contribution in [3.63, 3.8) is 0 Å². The highest BCUT2D eigenvalue weighted by atomic mass is 127. The Labute approximate surface area is 167 Å². The SMILES string of the molecule is CCNC(=NCCc1nc(C)no1)N1CCC(N2CCCCC2)C1.I. The lowest BCUT2D eigenvalue weighted by Crippen LogP contribution is -2.44. The zero-order chi connectivity index (χ0) is 16.8. The van der Waals surface area contributed by atoms with Crippen LogP contribution in [0.1, 0.15) is 44.3 Å². The zero-order valence-corrected chi connectivity index (χ0v) is 17.7. The molecular formula is C17H31IN6O. The monoisotopic (exact) mass is 462 g/mol. The van der Waals surface area contributed by atoms with Crippen LogP contribution >= 0.6 is 24.0 Å². The molecule has 8 heteroatoms. The number of nitrogens with zero attached hydrogens (tertiary/aromatic N) is 5. The summed E-state index contributed by atoms with van der Waals surface area (Å²) in [5.74, 6) is 2.37. The van der Waals surface area contributed by atoms with Crippen LogP contribution in [0.5, 0.6) is 0 Å². The Morgan fingerprint density at radius 1 is 1.28 bits per heavy atom. The van der Waals surface area contributed by atoms with Gasteiger partial charge >= 0.3 is 0 Å². The number of aliphatic imine (C=N–C) groups is 1. The van der Waals surface area contributed by atoms with Gasteiger partial charge in [-0.1, -0.05) is 11.6 Å². The number of guanidine groups is 1. The molecule has 2 aliphatic rings. The summed E-state index contributed by atoms with van der Waals surface area (Å²) in [6, 6.07) is 0.688. The Kier molecular flexibility index (Phi) is 8.41. The van der Waals surface area contributed by atoms with Crippen molar-refractivity contribution in [3.8, 4) is 0 Å². The number of aryl methyl sites for hydroxylation is 1. The minimum absolute atomic E-state index is 0. The Morgan fingerprint density at radius 3 is 2.76 bits per heavy atom. The smallest absolute Gasteiger partial charge is 0.228 e. The third-order valence-corrected chi connectivity index (χ3v) is 4.86. The second kappa shape index (κ2) is 10.3. The number of piperidine rings is 1. The maximum Gasteiger partial charge on any atom is 0.228 e. The Hall–Kier alpha value is -0.900. The Bertz CT molecular complexity index is 543. The zero-order valence-electron chi connectivity index (χ0n) is 15.4. The standard InChI is InChI=1S/C17H30N6O.HI/c1-3-18-17(19-9-7-16-20-14(2)21-24-16)23-12-8-15(13-23)22-10-5-4-6-11-22;/h15H,3-13H2,1-2H3,(H,18,19);1H. The number of aromatic nitrogens is 2. The number of rotatable bonds is 5. The van der Waals surface area contributed by atoms with Crippen LogP contribution in [0.25, 0.3) is 0 Å². The van der Waals surface area contributed by atoms with Gasteiger partial charge in [-0.15, -0.1) is 24.0 Å². The second-order valence-corrected chi connectivity index (χ2v) is 6.71. The van der Waals surface area contributed by atoms with Crippen LogP contribution in [0.2, 0.25) is 0 Å². The molecule has 0 spiro atoms. The van der Waals surface area contributed by atoms with Crippen LogP contribution in [0, 0.1) is 6.92 Å². The summed E-state index contributed by atoms with van der Waals surface area (Å²) in [6.45, 7) is 10.2. The fraction of sp³-hybridized carbons (Fsp3) is 0.824. The summed E-state index contributed by atoms with van der Waals surface area (Å²) < 4.78 is 5.16. The number of nitrogens with one attached hydrogen (secondary N) is 1. The lowest BCUT2D eigenvalue weighted by Gasteiger charge is -2.32. The van der Waals surface area contributed by atoms with Gasteiger partial charge in [0, 0.05) is 32.1 Å². The van der Waals surface area contributed by atoms with Crippen LogP contribution in [0.15, 0.2) is 9.52 Å². The Morgan fingerprint density at radius 2 is 2.08 bits per heavy atom. The largest absolute Gasteiger partial charge is 0.357 e. The van der Waals surface area contributed by atoms with Crippen LogP contribution in [-0.4, -0.2) is 71.2 Å². The number of halogens is 1. The van der Waals surface area contributed by atoms with Gasteiger partial charge in [0.25, 0.3) is 0 Å². The van der Waals surface area contributed by atoms with E-state index in [2.05, 4.69) is 32.2 Å². The third-order valence-electron chi connectivity index (χ3n) is 4.86. The minimum atomic E-state index is 0. The molecule has 0 aromatic carbocycles. The van der Waals surface area contributed by atoms with E-state index in [4.69, 9.17) is 9.52 Å². The van der Waals surface area contributed by atoms with E-state index >= 15 is 0 Å². The molecule has 0 bridgehead atoms. The van der Waals surface area contributed by atoms with Crippen molar-refractivity contribution in [2.45, 2.75) is 52.0 Å². The number of hydrogen-bond acceptors (Lipinski definition) is 5. The first kappa shape index (κ1) is 20.4. The molecule has 0 radical (unpaired) electrons. The van der Waals surface area contributed by atoms with Gasteiger partial charge in [-0.3, -0.25) is 9.89 Å². The summed E-state index contributed by atoms with van der Waals surface area (Å²) >= 11 is 0. The average Bonchev–Trinajstić information content (AvgIpc) is 3.24. The van der Waals surface area contributed by atoms with Gasteiger partial charge in [-0.25, -0.2) is 0 Å².